The van der Waals surface area contributed by atoms with Crippen LogP contribution >= 0.6 is 0 Å². The Kier molecular flexibility index (Phi) is 3.88. The molecule has 1 heterocycles. The van der Waals surface area contributed by atoms with Crippen LogP contribution in [0.3, 0.4) is 0 Å². The molecule has 84 valence electrons. The minimum Gasteiger partial charge on any atom is -0.454 e. The number of hydrogen-bond donors (Lipinski definition) is 2. The summed E-state index contributed by atoms with van der Waals surface area (Å²) in [6.45, 7) is 2.57. The zero-order chi connectivity index (χ0) is 11.4. The van der Waals surface area contributed by atoms with Gasteiger partial charge in [-0.2, -0.15) is 0 Å². The summed E-state index contributed by atoms with van der Waals surface area (Å²) in [4.78, 5) is 12.7. The Morgan fingerprint density at radius 2 is 2.33 bits per heavy atom. The second kappa shape index (κ2) is 4.95. The van der Waals surface area contributed by atoms with Crippen molar-refractivity contribution in [1.29, 1.82) is 0 Å². The zero-order valence-corrected chi connectivity index (χ0v) is 8.93. The molecule has 0 aliphatic carbocycles. The number of aliphatic hydroxyl groups excluding tert-OH is 1. The Morgan fingerprint density at radius 1 is 1.67 bits per heavy atom. The fourth-order valence-electron chi connectivity index (χ4n) is 1.28. The van der Waals surface area contributed by atoms with Crippen LogP contribution in [-0.4, -0.2) is 36.1 Å². The topological polar surface area (TPSA) is 79.7 Å². The average Bonchev–Trinajstić information content (AvgIpc) is 2.65. The molecule has 5 nitrogen and oxygen atoms in total. The maximum atomic E-state index is 10.8. The maximum Gasteiger partial charge on any atom is 0.284 e. The molecular weight excluding hydrogens is 196 g/mol. The molecule has 0 aromatic carbocycles. The SMILES string of the molecule is CC(c1ccc(C(N)=O)o1)N(C)CCO. The summed E-state index contributed by atoms with van der Waals surface area (Å²) in [5.41, 5.74) is 5.08. The third kappa shape index (κ3) is 2.81. The van der Waals surface area contributed by atoms with Crippen molar-refractivity contribution < 1.29 is 14.3 Å². The molecule has 1 aromatic rings. The number of primary amides is 1. The van der Waals surface area contributed by atoms with Gasteiger partial charge in [0.05, 0.1) is 12.6 Å². The summed E-state index contributed by atoms with van der Waals surface area (Å²) in [5, 5.41) is 8.78. The van der Waals surface area contributed by atoms with Crippen LogP contribution in [0.2, 0.25) is 0 Å². The molecule has 0 aliphatic heterocycles. The Labute approximate surface area is 88.5 Å². The van der Waals surface area contributed by atoms with Crippen molar-refractivity contribution in [1.82, 2.24) is 4.90 Å². The van der Waals surface area contributed by atoms with Gasteiger partial charge in [-0.25, -0.2) is 0 Å². The van der Waals surface area contributed by atoms with Gasteiger partial charge in [0.1, 0.15) is 5.76 Å². The Morgan fingerprint density at radius 3 is 2.80 bits per heavy atom. The van der Waals surface area contributed by atoms with Crippen molar-refractivity contribution in [2.45, 2.75) is 13.0 Å². The number of likely N-dealkylation sites (N-methyl/N-ethyl adjacent to an activating group) is 1. The fraction of sp³-hybridized carbons (Fsp3) is 0.500. The maximum absolute atomic E-state index is 10.8. The molecule has 1 amide bonds. The molecule has 0 bridgehead atoms. The number of rotatable bonds is 5. The van der Waals surface area contributed by atoms with Crippen LogP contribution in [0.4, 0.5) is 0 Å². The van der Waals surface area contributed by atoms with Crippen molar-refractivity contribution >= 4 is 5.91 Å². The van der Waals surface area contributed by atoms with Crippen molar-refractivity contribution in [3.8, 4) is 0 Å². The van der Waals surface area contributed by atoms with Gasteiger partial charge in [-0.1, -0.05) is 0 Å². The molecule has 1 atom stereocenters. The van der Waals surface area contributed by atoms with Gasteiger partial charge >= 0.3 is 0 Å². The molecule has 0 spiro atoms. The third-order valence-corrected chi connectivity index (χ3v) is 2.40. The lowest BCUT2D eigenvalue weighted by molar-refractivity contribution is 0.0967. The summed E-state index contributed by atoms with van der Waals surface area (Å²) in [5.74, 6) is 0.257. The predicted octanol–water partition coefficient (Wildman–Crippen LogP) is 0.364. The van der Waals surface area contributed by atoms with E-state index in [1.807, 2.05) is 18.9 Å². The van der Waals surface area contributed by atoms with Crippen molar-refractivity contribution in [2.24, 2.45) is 5.73 Å². The summed E-state index contributed by atoms with van der Waals surface area (Å²) in [6.07, 6.45) is 0. The van der Waals surface area contributed by atoms with Gasteiger partial charge in [-0.3, -0.25) is 9.69 Å². The van der Waals surface area contributed by atoms with E-state index in [1.165, 1.54) is 0 Å². The van der Waals surface area contributed by atoms with Crippen LogP contribution in [0, 0.1) is 0 Å². The summed E-state index contributed by atoms with van der Waals surface area (Å²) in [6, 6.07) is 3.28. The Hall–Kier alpha value is -1.33. The van der Waals surface area contributed by atoms with Crippen LogP contribution < -0.4 is 5.73 Å². The summed E-state index contributed by atoms with van der Waals surface area (Å²) < 4.78 is 5.28. The van der Waals surface area contributed by atoms with E-state index in [9.17, 15) is 4.79 Å². The standard InChI is InChI=1S/C10H16N2O3/c1-7(12(2)5-6-13)8-3-4-9(15-8)10(11)14/h3-4,7,13H,5-6H2,1-2H3,(H2,11,14). The minimum atomic E-state index is -0.571. The van der Waals surface area contributed by atoms with E-state index in [4.69, 9.17) is 15.3 Å². The normalized spacial score (nSPS) is 13.1. The summed E-state index contributed by atoms with van der Waals surface area (Å²) >= 11 is 0. The second-order valence-corrected chi connectivity index (χ2v) is 3.45. The zero-order valence-electron chi connectivity index (χ0n) is 8.93. The number of hydrogen-bond acceptors (Lipinski definition) is 4. The lowest BCUT2D eigenvalue weighted by Crippen LogP contribution is -2.25. The molecule has 15 heavy (non-hydrogen) atoms. The van der Waals surface area contributed by atoms with Crippen LogP contribution in [0.15, 0.2) is 16.5 Å². The van der Waals surface area contributed by atoms with Gasteiger partial charge in [-0.05, 0) is 26.1 Å². The number of nitrogens with zero attached hydrogens (tertiary/aromatic N) is 1. The highest BCUT2D eigenvalue weighted by atomic mass is 16.4. The first-order valence-corrected chi connectivity index (χ1v) is 4.77. The minimum absolute atomic E-state index is 0.00486. The van der Waals surface area contributed by atoms with Crippen LogP contribution in [0.1, 0.15) is 29.3 Å². The van der Waals surface area contributed by atoms with E-state index >= 15 is 0 Å². The highest BCUT2D eigenvalue weighted by molar-refractivity contribution is 5.89. The number of furan rings is 1. The fourth-order valence-corrected chi connectivity index (χ4v) is 1.28. The molecule has 0 saturated carbocycles. The van der Waals surface area contributed by atoms with E-state index in [2.05, 4.69) is 0 Å². The van der Waals surface area contributed by atoms with E-state index in [0.29, 0.717) is 12.3 Å². The quantitative estimate of drug-likeness (QED) is 0.738. The van der Waals surface area contributed by atoms with E-state index in [1.54, 1.807) is 12.1 Å². The highest BCUT2D eigenvalue weighted by Gasteiger charge is 2.16. The predicted molar refractivity (Wildman–Crippen MR) is 55.4 cm³/mol. The molecule has 1 aromatic heterocycles. The second-order valence-electron chi connectivity index (χ2n) is 3.45. The first-order chi connectivity index (χ1) is 7.06. The smallest absolute Gasteiger partial charge is 0.284 e. The lowest BCUT2D eigenvalue weighted by atomic mass is 10.2. The molecule has 0 radical (unpaired) electrons. The highest BCUT2D eigenvalue weighted by Crippen LogP contribution is 2.20. The number of carbonyl (C=O) groups is 1. The van der Waals surface area contributed by atoms with Crippen molar-refractivity contribution in [2.75, 3.05) is 20.2 Å². The molecule has 5 heteroatoms. The van der Waals surface area contributed by atoms with Gasteiger partial charge in [0.25, 0.3) is 5.91 Å². The largest absolute Gasteiger partial charge is 0.454 e. The van der Waals surface area contributed by atoms with Crippen LogP contribution in [0.5, 0.6) is 0 Å². The van der Waals surface area contributed by atoms with Crippen molar-refractivity contribution in [3.63, 3.8) is 0 Å². The molecule has 0 aliphatic rings. The van der Waals surface area contributed by atoms with Gasteiger partial charge in [0.2, 0.25) is 0 Å². The molecule has 3 N–H and O–H groups in total. The number of aliphatic hydroxyl groups is 1. The Balaban J connectivity index is 2.73. The molecule has 1 rings (SSSR count). The Bertz CT molecular complexity index is 335. The average molecular weight is 212 g/mol. The van der Waals surface area contributed by atoms with Gasteiger partial charge < -0.3 is 15.3 Å². The third-order valence-electron chi connectivity index (χ3n) is 2.40. The molecule has 1 unspecified atom stereocenters. The molecule has 0 saturated heterocycles. The number of amides is 1. The summed E-state index contributed by atoms with van der Waals surface area (Å²) in [7, 11) is 1.87. The van der Waals surface area contributed by atoms with Crippen molar-refractivity contribution in [3.05, 3.63) is 23.7 Å². The van der Waals surface area contributed by atoms with E-state index < -0.39 is 5.91 Å². The van der Waals surface area contributed by atoms with Crippen LogP contribution in [0.25, 0.3) is 0 Å². The lowest BCUT2D eigenvalue weighted by Gasteiger charge is -2.21. The van der Waals surface area contributed by atoms with Crippen LogP contribution in [-0.2, 0) is 0 Å². The number of carbonyl (C=O) groups excluding carboxylic acids is 1. The first-order valence-electron chi connectivity index (χ1n) is 4.77. The monoisotopic (exact) mass is 212 g/mol. The van der Waals surface area contributed by atoms with Gasteiger partial charge in [-0.15, -0.1) is 0 Å². The molecular formula is C10H16N2O3. The van der Waals surface area contributed by atoms with E-state index in [0.717, 1.165) is 0 Å². The first kappa shape index (κ1) is 11.7. The van der Waals surface area contributed by atoms with Gasteiger partial charge in [0.15, 0.2) is 5.76 Å². The van der Waals surface area contributed by atoms with Gasteiger partial charge in [0, 0.05) is 6.54 Å². The molecule has 0 fully saturated rings. The van der Waals surface area contributed by atoms with E-state index in [-0.39, 0.29) is 18.4 Å². The number of nitrogens with two attached hydrogens (primary N) is 1.